The molecule has 0 atom stereocenters. The van der Waals surface area contributed by atoms with Crippen LogP contribution in [0.4, 0.5) is 0 Å². The summed E-state index contributed by atoms with van der Waals surface area (Å²) < 4.78 is 21.9. The number of hydrogen-bond donors (Lipinski definition) is 0. The highest BCUT2D eigenvalue weighted by atomic mass is 16.5. The highest BCUT2D eigenvalue weighted by molar-refractivity contribution is 6.13. The molecule has 2 aromatic carbocycles. The standard InChI is InChI=1S/C17H12O5/c1-19-12-8-7-10-14-13(9-5-3-4-6-11(9)21-14)17(18)22-15(10)16(12)20-2/h3-8H,1-2H3. The molecule has 0 fully saturated rings. The Morgan fingerprint density at radius 2 is 1.68 bits per heavy atom. The average molecular weight is 296 g/mol. The second-order valence-corrected chi connectivity index (χ2v) is 4.87. The molecule has 5 nitrogen and oxygen atoms in total. The first kappa shape index (κ1) is 12.8. The predicted molar refractivity (Wildman–Crippen MR) is 82.9 cm³/mol. The number of rotatable bonds is 2. The van der Waals surface area contributed by atoms with Gasteiger partial charge in [0.2, 0.25) is 5.75 Å². The van der Waals surface area contributed by atoms with E-state index in [1.807, 2.05) is 24.3 Å². The van der Waals surface area contributed by atoms with Crippen molar-refractivity contribution in [2.75, 3.05) is 14.2 Å². The van der Waals surface area contributed by atoms with Crippen molar-refractivity contribution in [1.29, 1.82) is 0 Å². The lowest BCUT2D eigenvalue weighted by atomic mass is 10.1. The Morgan fingerprint density at radius 3 is 2.45 bits per heavy atom. The van der Waals surface area contributed by atoms with Crippen molar-refractivity contribution in [3.8, 4) is 11.5 Å². The van der Waals surface area contributed by atoms with Crippen molar-refractivity contribution in [3.63, 3.8) is 0 Å². The normalized spacial score (nSPS) is 11.4. The minimum absolute atomic E-state index is 0.318. The third kappa shape index (κ3) is 1.56. The number of para-hydroxylation sites is 1. The van der Waals surface area contributed by atoms with E-state index >= 15 is 0 Å². The van der Waals surface area contributed by atoms with Crippen molar-refractivity contribution in [2.45, 2.75) is 0 Å². The molecule has 0 N–H and O–H groups in total. The fraction of sp³-hybridized carbons (Fsp3) is 0.118. The van der Waals surface area contributed by atoms with Gasteiger partial charge in [-0.2, -0.15) is 0 Å². The molecule has 0 spiro atoms. The van der Waals surface area contributed by atoms with Crippen molar-refractivity contribution in [1.82, 2.24) is 0 Å². The minimum atomic E-state index is -0.459. The quantitative estimate of drug-likeness (QED) is 0.528. The maximum Gasteiger partial charge on any atom is 0.348 e. The van der Waals surface area contributed by atoms with Gasteiger partial charge in [-0.1, -0.05) is 18.2 Å². The molecule has 2 aromatic heterocycles. The summed E-state index contributed by atoms with van der Waals surface area (Å²) in [4.78, 5) is 12.4. The molecule has 0 saturated heterocycles. The van der Waals surface area contributed by atoms with Crippen LogP contribution in [0.5, 0.6) is 11.5 Å². The van der Waals surface area contributed by atoms with E-state index in [4.69, 9.17) is 18.3 Å². The average Bonchev–Trinajstić information content (AvgIpc) is 2.94. The van der Waals surface area contributed by atoms with Crippen molar-refractivity contribution in [2.24, 2.45) is 0 Å². The molecule has 0 radical (unpaired) electrons. The van der Waals surface area contributed by atoms with Crippen molar-refractivity contribution < 1.29 is 18.3 Å². The van der Waals surface area contributed by atoms with Crippen LogP contribution in [0.1, 0.15) is 0 Å². The van der Waals surface area contributed by atoms with Gasteiger partial charge in [0.05, 0.1) is 19.6 Å². The van der Waals surface area contributed by atoms with E-state index in [-0.39, 0.29) is 0 Å². The lowest BCUT2D eigenvalue weighted by Gasteiger charge is -2.09. The highest BCUT2D eigenvalue weighted by Crippen LogP contribution is 2.39. The first-order chi connectivity index (χ1) is 10.7. The van der Waals surface area contributed by atoms with Crippen LogP contribution >= 0.6 is 0 Å². The van der Waals surface area contributed by atoms with Crippen LogP contribution in [0.2, 0.25) is 0 Å². The molecule has 0 aliphatic heterocycles. The van der Waals surface area contributed by atoms with Crippen LogP contribution in [-0.4, -0.2) is 14.2 Å². The minimum Gasteiger partial charge on any atom is -0.493 e. The maximum absolute atomic E-state index is 12.4. The first-order valence-electron chi connectivity index (χ1n) is 6.73. The van der Waals surface area contributed by atoms with Crippen molar-refractivity contribution in [3.05, 3.63) is 46.8 Å². The van der Waals surface area contributed by atoms with Gasteiger partial charge in [-0.05, 0) is 18.2 Å². The zero-order valence-electron chi connectivity index (χ0n) is 12.0. The number of benzene rings is 2. The Hall–Kier alpha value is -2.95. The summed E-state index contributed by atoms with van der Waals surface area (Å²) in [5, 5.41) is 1.85. The summed E-state index contributed by atoms with van der Waals surface area (Å²) in [5.74, 6) is 0.869. The zero-order chi connectivity index (χ0) is 15.3. The van der Waals surface area contributed by atoms with E-state index in [0.29, 0.717) is 39.0 Å². The van der Waals surface area contributed by atoms with Gasteiger partial charge in [-0.3, -0.25) is 0 Å². The van der Waals surface area contributed by atoms with Gasteiger partial charge in [0.1, 0.15) is 11.0 Å². The molecule has 110 valence electrons. The Balaban J connectivity index is 2.28. The monoisotopic (exact) mass is 296 g/mol. The van der Waals surface area contributed by atoms with E-state index < -0.39 is 5.63 Å². The number of fused-ring (bicyclic) bond motifs is 5. The topological polar surface area (TPSA) is 61.8 Å². The van der Waals surface area contributed by atoms with E-state index in [2.05, 4.69) is 0 Å². The molecule has 0 amide bonds. The van der Waals surface area contributed by atoms with Crippen LogP contribution in [0.15, 0.2) is 50.0 Å². The summed E-state index contributed by atoms with van der Waals surface area (Å²) in [5.41, 5.74) is 0.998. The van der Waals surface area contributed by atoms with E-state index in [1.54, 1.807) is 12.1 Å². The number of furan rings is 1. The van der Waals surface area contributed by atoms with Gasteiger partial charge < -0.3 is 18.3 Å². The maximum atomic E-state index is 12.4. The van der Waals surface area contributed by atoms with Crippen LogP contribution < -0.4 is 15.1 Å². The second-order valence-electron chi connectivity index (χ2n) is 4.87. The molecule has 4 rings (SSSR count). The van der Waals surface area contributed by atoms with E-state index in [9.17, 15) is 4.79 Å². The molecular formula is C17H12O5. The number of hydrogen-bond acceptors (Lipinski definition) is 5. The highest BCUT2D eigenvalue weighted by Gasteiger charge is 2.20. The van der Waals surface area contributed by atoms with Crippen molar-refractivity contribution >= 4 is 32.9 Å². The lowest BCUT2D eigenvalue weighted by Crippen LogP contribution is -2.00. The third-order valence-electron chi connectivity index (χ3n) is 3.74. The molecule has 0 saturated carbocycles. The molecule has 0 unspecified atom stereocenters. The largest absolute Gasteiger partial charge is 0.493 e. The summed E-state index contributed by atoms with van der Waals surface area (Å²) in [7, 11) is 3.03. The fourth-order valence-electron chi connectivity index (χ4n) is 2.76. The first-order valence-corrected chi connectivity index (χ1v) is 6.73. The molecule has 4 aromatic rings. The smallest absolute Gasteiger partial charge is 0.348 e. The third-order valence-corrected chi connectivity index (χ3v) is 3.74. The molecule has 0 aliphatic rings. The molecule has 0 bridgehead atoms. The summed E-state index contributed by atoms with van der Waals surface area (Å²) in [6.07, 6.45) is 0. The number of methoxy groups -OCH3 is 2. The molecule has 2 heterocycles. The molecule has 5 heteroatoms. The fourth-order valence-corrected chi connectivity index (χ4v) is 2.76. The molecular weight excluding hydrogens is 284 g/mol. The molecule has 22 heavy (non-hydrogen) atoms. The number of ether oxygens (including phenoxy) is 2. The summed E-state index contributed by atoms with van der Waals surface area (Å²) >= 11 is 0. The Bertz CT molecular complexity index is 1070. The predicted octanol–water partition coefficient (Wildman–Crippen LogP) is 3.71. The van der Waals surface area contributed by atoms with Gasteiger partial charge in [0.15, 0.2) is 16.9 Å². The van der Waals surface area contributed by atoms with Gasteiger partial charge in [0.25, 0.3) is 0 Å². The Morgan fingerprint density at radius 1 is 0.864 bits per heavy atom. The Kier molecular flexibility index (Phi) is 2.63. The SMILES string of the molecule is COc1ccc2c(oc(=O)c3c4ccccc4oc23)c1OC. The van der Waals surface area contributed by atoms with Gasteiger partial charge >= 0.3 is 5.63 Å². The van der Waals surface area contributed by atoms with Crippen LogP contribution in [0.25, 0.3) is 32.9 Å². The van der Waals surface area contributed by atoms with Crippen LogP contribution in [0, 0.1) is 0 Å². The lowest BCUT2D eigenvalue weighted by molar-refractivity contribution is 0.352. The van der Waals surface area contributed by atoms with Crippen LogP contribution in [-0.2, 0) is 0 Å². The van der Waals surface area contributed by atoms with E-state index in [1.165, 1.54) is 14.2 Å². The summed E-state index contributed by atoms with van der Waals surface area (Å²) in [6, 6.07) is 10.9. The second kappa shape index (κ2) is 4.53. The van der Waals surface area contributed by atoms with Gasteiger partial charge in [0, 0.05) is 5.39 Å². The van der Waals surface area contributed by atoms with Gasteiger partial charge in [-0.15, -0.1) is 0 Å². The van der Waals surface area contributed by atoms with Gasteiger partial charge in [-0.25, -0.2) is 4.79 Å². The summed E-state index contributed by atoms with van der Waals surface area (Å²) in [6.45, 7) is 0. The molecule has 0 aliphatic carbocycles. The zero-order valence-corrected chi connectivity index (χ0v) is 12.0. The van der Waals surface area contributed by atoms with E-state index in [0.717, 1.165) is 5.39 Å². The Labute approximate surface area is 124 Å². The van der Waals surface area contributed by atoms with Crippen LogP contribution in [0.3, 0.4) is 0 Å².